The van der Waals surface area contributed by atoms with E-state index in [-0.39, 0.29) is 12.7 Å². The topological polar surface area (TPSA) is 44.3 Å². The van der Waals surface area contributed by atoms with Gasteiger partial charge >= 0.3 is 0 Å². The van der Waals surface area contributed by atoms with Crippen molar-refractivity contribution >= 4 is 0 Å². The minimum atomic E-state index is -0.465. The number of nitrogens with one attached hydrogen (secondary N) is 2. The molecule has 0 aromatic rings. The van der Waals surface area contributed by atoms with Crippen molar-refractivity contribution in [3.05, 3.63) is 11.6 Å². The lowest BCUT2D eigenvalue weighted by atomic mass is 10.0. The molecule has 0 aromatic heterocycles. The van der Waals surface area contributed by atoms with E-state index in [1.165, 1.54) is 5.57 Å². The number of rotatable bonds is 10. The molecule has 0 fully saturated rings. The van der Waals surface area contributed by atoms with Crippen LogP contribution in [0.3, 0.4) is 0 Å². The van der Waals surface area contributed by atoms with Crippen LogP contribution >= 0.6 is 0 Å². The van der Waals surface area contributed by atoms with Gasteiger partial charge in [0.15, 0.2) is 0 Å². The molecule has 0 radical (unpaired) electrons. The summed E-state index contributed by atoms with van der Waals surface area (Å²) in [6, 6.07) is 0.594. The molecular formula is C14H29FN2O. The monoisotopic (exact) mass is 260 g/mol. The summed E-state index contributed by atoms with van der Waals surface area (Å²) in [5.41, 5.74) is 1.30. The maximum Gasteiger partial charge on any atom is 0.106 e. The Labute approximate surface area is 111 Å². The highest BCUT2D eigenvalue weighted by molar-refractivity contribution is 5.03. The zero-order valence-corrected chi connectivity index (χ0v) is 12.2. The van der Waals surface area contributed by atoms with Crippen molar-refractivity contribution in [2.75, 3.05) is 13.7 Å². The number of alkyl halides is 1. The lowest BCUT2D eigenvalue weighted by Crippen LogP contribution is -2.39. The molecule has 108 valence electrons. The van der Waals surface area contributed by atoms with Crippen LogP contribution in [0, 0.1) is 0 Å². The number of hydrogen-bond donors (Lipinski definition) is 3. The van der Waals surface area contributed by atoms with Crippen LogP contribution in [0.5, 0.6) is 0 Å². The Hall–Kier alpha value is -0.450. The van der Waals surface area contributed by atoms with Crippen LogP contribution in [0.1, 0.15) is 46.5 Å². The van der Waals surface area contributed by atoms with Gasteiger partial charge in [-0.15, -0.1) is 0 Å². The molecule has 0 aliphatic carbocycles. The Morgan fingerprint density at radius 2 is 2.00 bits per heavy atom. The summed E-state index contributed by atoms with van der Waals surface area (Å²) >= 11 is 0. The fourth-order valence-electron chi connectivity index (χ4n) is 2.09. The Bertz CT molecular complexity index is 234. The van der Waals surface area contributed by atoms with Crippen molar-refractivity contribution in [2.24, 2.45) is 0 Å². The summed E-state index contributed by atoms with van der Waals surface area (Å²) in [6.45, 7) is 6.01. The van der Waals surface area contributed by atoms with Crippen LogP contribution in [0.4, 0.5) is 4.39 Å². The van der Waals surface area contributed by atoms with E-state index in [2.05, 4.69) is 31.4 Å². The molecule has 0 rings (SSSR count). The second kappa shape index (κ2) is 10.5. The fraction of sp³-hybridized carbons (Fsp3) is 0.857. The number of hydrogen-bond acceptors (Lipinski definition) is 3. The first-order chi connectivity index (χ1) is 8.53. The van der Waals surface area contributed by atoms with E-state index in [4.69, 9.17) is 0 Å². The Morgan fingerprint density at radius 3 is 2.50 bits per heavy atom. The Kier molecular flexibility index (Phi) is 10.2. The number of halogens is 1. The van der Waals surface area contributed by atoms with E-state index in [1.54, 1.807) is 7.05 Å². The summed E-state index contributed by atoms with van der Waals surface area (Å²) in [6.07, 6.45) is 4.65. The number of aliphatic hydroxyl groups is 1. The van der Waals surface area contributed by atoms with Crippen LogP contribution in [-0.4, -0.2) is 37.1 Å². The normalized spacial score (nSPS) is 17.6. The summed E-state index contributed by atoms with van der Waals surface area (Å²) in [5, 5.41) is 15.7. The number of aliphatic hydroxyl groups excluding tert-OH is 1. The third-order valence-electron chi connectivity index (χ3n) is 3.04. The van der Waals surface area contributed by atoms with E-state index < -0.39 is 6.23 Å². The highest BCUT2D eigenvalue weighted by atomic mass is 19.1. The van der Waals surface area contributed by atoms with Crippen LogP contribution in [0.15, 0.2) is 11.6 Å². The van der Waals surface area contributed by atoms with Gasteiger partial charge < -0.3 is 10.4 Å². The van der Waals surface area contributed by atoms with Crippen LogP contribution in [0.25, 0.3) is 0 Å². The molecule has 0 saturated carbocycles. The van der Waals surface area contributed by atoms with Gasteiger partial charge in [-0.05, 0) is 40.2 Å². The average Bonchev–Trinajstić information content (AvgIpc) is 2.33. The van der Waals surface area contributed by atoms with E-state index in [0.717, 1.165) is 12.8 Å². The summed E-state index contributed by atoms with van der Waals surface area (Å²) in [4.78, 5) is 0. The molecule has 0 spiro atoms. The highest BCUT2D eigenvalue weighted by Gasteiger charge is 2.12. The predicted molar refractivity (Wildman–Crippen MR) is 75.3 cm³/mol. The van der Waals surface area contributed by atoms with E-state index in [9.17, 15) is 9.50 Å². The molecule has 0 aromatic carbocycles. The van der Waals surface area contributed by atoms with Crippen molar-refractivity contribution in [1.29, 1.82) is 0 Å². The van der Waals surface area contributed by atoms with Gasteiger partial charge in [-0.25, -0.2) is 0 Å². The first-order valence-electron chi connectivity index (χ1n) is 6.88. The molecule has 3 nitrogen and oxygen atoms in total. The van der Waals surface area contributed by atoms with Gasteiger partial charge in [-0.2, -0.15) is 0 Å². The lowest BCUT2D eigenvalue weighted by Gasteiger charge is -2.23. The van der Waals surface area contributed by atoms with Gasteiger partial charge in [0.1, 0.15) is 6.23 Å². The highest BCUT2D eigenvalue weighted by Crippen LogP contribution is 2.12. The zero-order chi connectivity index (χ0) is 14.0. The number of allylic oxidation sites excluding steroid dienone is 1. The van der Waals surface area contributed by atoms with E-state index in [1.807, 2.05) is 6.08 Å². The van der Waals surface area contributed by atoms with Gasteiger partial charge in [0, 0.05) is 18.5 Å². The SMILES string of the molecule is CC/C(=C\CCF)C[C@@H](C)N[C@@H](C)C[C@H](O)NC. The molecule has 18 heavy (non-hydrogen) atoms. The maximum absolute atomic E-state index is 12.1. The van der Waals surface area contributed by atoms with Gasteiger partial charge in [-0.3, -0.25) is 9.71 Å². The lowest BCUT2D eigenvalue weighted by molar-refractivity contribution is 0.124. The molecule has 0 bridgehead atoms. The first kappa shape index (κ1) is 17.6. The molecule has 3 atom stereocenters. The molecule has 4 heteroatoms. The Balaban J connectivity index is 4.03. The predicted octanol–water partition coefficient (Wildman–Crippen LogP) is 2.37. The van der Waals surface area contributed by atoms with Gasteiger partial charge in [0.25, 0.3) is 0 Å². The molecule has 0 unspecified atom stereocenters. The molecule has 0 aliphatic rings. The van der Waals surface area contributed by atoms with Crippen molar-refractivity contribution in [3.63, 3.8) is 0 Å². The Morgan fingerprint density at radius 1 is 1.33 bits per heavy atom. The molecular weight excluding hydrogens is 231 g/mol. The van der Waals surface area contributed by atoms with Gasteiger partial charge in [-0.1, -0.05) is 18.6 Å². The largest absolute Gasteiger partial charge is 0.379 e. The molecule has 0 amide bonds. The fourth-order valence-corrected chi connectivity index (χ4v) is 2.09. The van der Waals surface area contributed by atoms with Crippen LogP contribution in [0.2, 0.25) is 0 Å². The third kappa shape index (κ3) is 8.61. The maximum atomic E-state index is 12.1. The van der Waals surface area contributed by atoms with Gasteiger partial charge in [0.2, 0.25) is 0 Å². The van der Waals surface area contributed by atoms with E-state index in [0.29, 0.717) is 18.9 Å². The molecule has 0 aliphatic heterocycles. The molecule has 3 N–H and O–H groups in total. The smallest absolute Gasteiger partial charge is 0.106 e. The van der Waals surface area contributed by atoms with Gasteiger partial charge in [0.05, 0.1) is 6.67 Å². The van der Waals surface area contributed by atoms with Crippen molar-refractivity contribution in [1.82, 2.24) is 10.6 Å². The summed E-state index contributed by atoms with van der Waals surface area (Å²) in [5.74, 6) is 0. The molecule has 0 saturated heterocycles. The minimum Gasteiger partial charge on any atom is -0.379 e. The minimum absolute atomic E-state index is 0.252. The molecule has 0 heterocycles. The second-order valence-electron chi connectivity index (χ2n) is 4.91. The third-order valence-corrected chi connectivity index (χ3v) is 3.04. The summed E-state index contributed by atoms with van der Waals surface area (Å²) in [7, 11) is 1.75. The second-order valence-corrected chi connectivity index (χ2v) is 4.91. The van der Waals surface area contributed by atoms with Crippen molar-refractivity contribution in [3.8, 4) is 0 Å². The standard InChI is InChI=1S/C14H29FN2O/c1-5-13(7-6-8-15)9-11(2)17-12(3)10-14(18)16-4/h7,11-12,14,16-18H,5-6,8-10H2,1-4H3/b13-7+/t11-,12+,14+/m1/s1. The van der Waals surface area contributed by atoms with Crippen molar-refractivity contribution < 1.29 is 9.50 Å². The summed E-state index contributed by atoms with van der Waals surface area (Å²) < 4.78 is 12.1. The zero-order valence-electron chi connectivity index (χ0n) is 12.2. The average molecular weight is 260 g/mol. The van der Waals surface area contributed by atoms with E-state index >= 15 is 0 Å². The first-order valence-corrected chi connectivity index (χ1v) is 6.88. The quantitative estimate of drug-likeness (QED) is 0.417. The van der Waals surface area contributed by atoms with Crippen LogP contribution < -0.4 is 10.6 Å². The van der Waals surface area contributed by atoms with Crippen molar-refractivity contribution in [2.45, 2.75) is 64.8 Å². The van der Waals surface area contributed by atoms with Crippen LogP contribution in [-0.2, 0) is 0 Å².